The van der Waals surface area contributed by atoms with Crippen LogP contribution in [-0.2, 0) is 16.6 Å². The lowest BCUT2D eigenvalue weighted by atomic mass is 10.6. The number of aromatic nitrogens is 2. The molecule has 0 saturated carbocycles. The molecular weight excluding hydrogens is 232 g/mol. The van der Waals surface area contributed by atoms with Crippen LogP contribution in [0.3, 0.4) is 0 Å². The number of aryl methyl sites for hydroxylation is 1. The van der Waals surface area contributed by atoms with Gasteiger partial charge in [0.1, 0.15) is 0 Å². The minimum Gasteiger partial charge on any atom is -0.338 e. The van der Waals surface area contributed by atoms with Crippen molar-refractivity contribution in [1.82, 2.24) is 20.2 Å². The molecule has 0 aliphatic carbocycles. The van der Waals surface area contributed by atoms with E-state index in [4.69, 9.17) is 4.52 Å². The highest BCUT2D eigenvalue weighted by atomic mass is 32.2. The fraction of sp³-hybridized carbons (Fsp3) is 0.750. The monoisotopic (exact) mass is 248 g/mol. The molecule has 7 nitrogen and oxygen atoms in total. The molecule has 1 heterocycles. The van der Waals surface area contributed by atoms with Crippen LogP contribution in [0.1, 0.15) is 18.6 Å². The SMILES string of the molecule is CCNCCS(=O)(=O)NCc1nc(C)no1. The fourth-order valence-electron chi connectivity index (χ4n) is 1.04. The van der Waals surface area contributed by atoms with E-state index in [1.54, 1.807) is 6.92 Å². The zero-order chi connectivity index (χ0) is 12.0. The lowest BCUT2D eigenvalue weighted by Gasteiger charge is -2.04. The molecule has 0 amide bonds. The van der Waals surface area contributed by atoms with Crippen LogP contribution in [-0.4, -0.2) is 37.4 Å². The summed E-state index contributed by atoms with van der Waals surface area (Å²) in [5, 5.41) is 6.50. The molecule has 0 atom stereocenters. The molecular formula is C8H16N4O3S. The first-order chi connectivity index (χ1) is 7.53. The van der Waals surface area contributed by atoms with Crippen molar-refractivity contribution in [1.29, 1.82) is 0 Å². The Morgan fingerprint density at radius 3 is 2.75 bits per heavy atom. The first-order valence-corrected chi connectivity index (χ1v) is 6.66. The van der Waals surface area contributed by atoms with Crippen molar-refractivity contribution in [2.45, 2.75) is 20.4 Å². The van der Waals surface area contributed by atoms with Gasteiger partial charge in [0.2, 0.25) is 15.9 Å². The maximum absolute atomic E-state index is 11.4. The maximum Gasteiger partial charge on any atom is 0.241 e. The van der Waals surface area contributed by atoms with Crippen LogP contribution in [0.2, 0.25) is 0 Å². The Hall–Kier alpha value is -0.990. The van der Waals surface area contributed by atoms with Gasteiger partial charge in [0.15, 0.2) is 5.82 Å². The van der Waals surface area contributed by atoms with Gasteiger partial charge in [-0.15, -0.1) is 0 Å². The van der Waals surface area contributed by atoms with E-state index in [1.165, 1.54) is 0 Å². The normalized spacial score (nSPS) is 11.9. The largest absolute Gasteiger partial charge is 0.338 e. The first-order valence-electron chi connectivity index (χ1n) is 5.00. The number of nitrogens with one attached hydrogen (secondary N) is 2. The second kappa shape index (κ2) is 5.92. The molecule has 0 saturated heterocycles. The van der Waals surface area contributed by atoms with Crippen LogP contribution in [0.25, 0.3) is 0 Å². The van der Waals surface area contributed by atoms with Crippen molar-refractivity contribution in [2.24, 2.45) is 0 Å². The van der Waals surface area contributed by atoms with Gasteiger partial charge in [-0.05, 0) is 13.5 Å². The zero-order valence-electron chi connectivity index (χ0n) is 9.36. The fourth-order valence-corrected chi connectivity index (χ4v) is 1.94. The molecule has 2 N–H and O–H groups in total. The number of hydrogen-bond acceptors (Lipinski definition) is 6. The summed E-state index contributed by atoms with van der Waals surface area (Å²) in [6.45, 7) is 4.80. The van der Waals surface area contributed by atoms with Crippen molar-refractivity contribution in [3.05, 3.63) is 11.7 Å². The van der Waals surface area contributed by atoms with E-state index < -0.39 is 10.0 Å². The predicted molar refractivity (Wildman–Crippen MR) is 58.2 cm³/mol. The first kappa shape index (κ1) is 13.1. The Kier molecular flexibility index (Phi) is 4.84. The van der Waals surface area contributed by atoms with Gasteiger partial charge in [0.05, 0.1) is 12.3 Å². The lowest BCUT2D eigenvalue weighted by Crippen LogP contribution is -2.31. The highest BCUT2D eigenvalue weighted by Crippen LogP contribution is 1.96. The summed E-state index contributed by atoms with van der Waals surface area (Å²) in [5.74, 6) is 0.792. The van der Waals surface area contributed by atoms with Crippen molar-refractivity contribution >= 4 is 10.0 Å². The van der Waals surface area contributed by atoms with E-state index in [-0.39, 0.29) is 18.2 Å². The average molecular weight is 248 g/mol. The summed E-state index contributed by atoms with van der Waals surface area (Å²) in [7, 11) is -3.28. The molecule has 1 aromatic heterocycles. The second-order valence-corrected chi connectivity index (χ2v) is 5.16. The van der Waals surface area contributed by atoms with Crippen LogP contribution in [0.4, 0.5) is 0 Å². The Balaban J connectivity index is 2.36. The Morgan fingerprint density at radius 1 is 1.44 bits per heavy atom. The lowest BCUT2D eigenvalue weighted by molar-refractivity contribution is 0.372. The highest BCUT2D eigenvalue weighted by Gasteiger charge is 2.11. The quantitative estimate of drug-likeness (QED) is 0.626. The molecule has 0 aliphatic rings. The molecule has 0 bridgehead atoms. The molecule has 1 rings (SSSR count). The predicted octanol–water partition coefficient (Wildman–Crippen LogP) is -0.593. The summed E-state index contributed by atoms with van der Waals surface area (Å²) >= 11 is 0. The van der Waals surface area contributed by atoms with Gasteiger partial charge >= 0.3 is 0 Å². The standard InChI is InChI=1S/C8H16N4O3S/c1-3-9-4-5-16(13,14)10-6-8-11-7(2)12-15-8/h9-10H,3-6H2,1-2H3. The number of hydrogen-bond donors (Lipinski definition) is 2. The van der Waals surface area contributed by atoms with E-state index in [1.807, 2.05) is 6.92 Å². The van der Waals surface area contributed by atoms with Gasteiger partial charge < -0.3 is 9.84 Å². The number of rotatable bonds is 7. The van der Waals surface area contributed by atoms with Gasteiger partial charge in [0, 0.05) is 6.54 Å². The van der Waals surface area contributed by atoms with E-state index in [0.717, 1.165) is 6.54 Å². The van der Waals surface area contributed by atoms with Crippen molar-refractivity contribution in [2.75, 3.05) is 18.8 Å². The van der Waals surface area contributed by atoms with Crippen LogP contribution < -0.4 is 10.0 Å². The third-order valence-electron chi connectivity index (χ3n) is 1.81. The number of sulfonamides is 1. The average Bonchev–Trinajstić information content (AvgIpc) is 2.62. The zero-order valence-corrected chi connectivity index (χ0v) is 10.2. The van der Waals surface area contributed by atoms with E-state index in [2.05, 4.69) is 20.2 Å². The van der Waals surface area contributed by atoms with Gasteiger partial charge in [-0.2, -0.15) is 4.98 Å². The van der Waals surface area contributed by atoms with E-state index in [0.29, 0.717) is 12.4 Å². The minimum absolute atomic E-state index is 0.0357. The third-order valence-corrected chi connectivity index (χ3v) is 3.14. The Bertz CT molecular complexity index is 415. The summed E-state index contributed by atoms with van der Waals surface area (Å²) in [5.41, 5.74) is 0. The van der Waals surface area contributed by atoms with E-state index >= 15 is 0 Å². The summed E-state index contributed by atoms with van der Waals surface area (Å²) < 4.78 is 30.1. The molecule has 16 heavy (non-hydrogen) atoms. The molecule has 0 radical (unpaired) electrons. The minimum atomic E-state index is -3.28. The van der Waals surface area contributed by atoms with Gasteiger partial charge in [0.25, 0.3) is 0 Å². The molecule has 8 heteroatoms. The smallest absolute Gasteiger partial charge is 0.241 e. The third kappa shape index (κ3) is 4.69. The van der Waals surface area contributed by atoms with Crippen LogP contribution in [0.5, 0.6) is 0 Å². The van der Waals surface area contributed by atoms with Gasteiger partial charge in [-0.25, -0.2) is 13.1 Å². The summed E-state index contributed by atoms with van der Waals surface area (Å²) in [4.78, 5) is 3.89. The highest BCUT2D eigenvalue weighted by molar-refractivity contribution is 7.89. The maximum atomic E-state index is 11.4. The Labute approximate surface area is 94.7 Å². The molecule has 0 unspecified atom stereocenters. The molecule has 0 aliphatic heterocycles. The van der Waals surface area contributed by atoms with Crippen LogP contribution in [0, 0.1) is 6.92 Å². The molecule has 0 fully saturated rings. The van der Waals surface area contributed by atoms with Gasteiger partial charge in [-0.3, -0.25) is 0 Å². The van der Waals surface area contributed by atoms with Crippen LogP contribution >= 0.6 is 0 Å². The van der Waals surface area contributed by atoms with Crippen molar-refractivity contribution in [3.63, 3.8) is 0 Å². The molecule has 92 valence electrons. The van der Waals surface area contributed by atoms with Crippen molar-refractivity contribution < 1.29 is 12.9 Å². The Morgan fingerprint density at radius 2 is 2.19 bits per heavy atom. The molecule has 0 aromatic carbocycles. The van der Waals surface area contributed by atoms with Crippen LogP contribution in [0.15, 0.2) is 4.52 Å². The summed E-state index contributed by atoms with van der Waals surface area (Å²) in [6, 6.07) is 0. The molecule has 1 aromatic rings. The second-order valence-electron chi connectivity index (χ2n) is 3.23. The van der Waals surface area contributed by atoms with Gasteiger partial charge in [-0.1, -0.05) is 12.1 Å². The molecule has 0 spiro atoms. The van der Waals surface area contributed by atoms with E-state index in [9.17, 15) is 8.42 Å². The summed E-state index contributed by atoms with van der Waals surface area (Å²) in [6.07, 6.45) is 0. The topological polar surface area (TPSA) is 97.1 Å². The van der Waals surface area contributed by atoms with Crippen molar-refractivity contribution in [3.8, 4) is 0 Å². The number of nitrogens with zero attached hydrogens (tertiary/aromatic N) is 2.